The van der Waals surface area contributed by atoms with E-state index < -0.39 is 0 Å². The van der Waals surface area contributed by atoms with Crippen molar-refractivity contribution in [3.05, 3.63) is 29.8 Å². The van der Waals surface area contributed by atoms with Crippen molar-refractivity contribution in [2.45, 2.75) is 31.8 Å². The Morgan fingerprint density at radius 2 is 2.39 bits per heavy atom. The van der Waals surface area contributed by atoms with Gasteiger partial charge in [-0.15, -0.1) is 0 Å². The molecule has 1 saturated heterocycles. The molecule has 1 aromatic rings. The average Bonchev–Trinajstić information content (AvgIpc) is 2.91. The molecule has 1 aromatic carbocycles. The molecule has 3 nitrogen and oxygen atoms in total. The molecule has 1 fully saturated rings. The minimum atomic E-state index is 0.219. The first-order chi connectivity index (χ1) is 8.81. The van der Waals surface area contributed by atoms with E-state index in [-0.39, 0.29) is 12.5 Å². The van der Waals surface area contributed by atoms with Gasteiger partial charge in [-0.2, -0.15) is 0 Å². The molecule has 0 spiro atoms. The van der Waals surface area contributed by atoms with E-state index in [0.717, 1.165) is 38.0 Å². The minimum absolute atomic E-state index is 0.219. The number of methoxy groups -OCH3 is 1. The number of aliphatic hydroxyl groups is 1. The summed E-state index contributed by atoms with van der Waals surface area (Å²) in [5.74, 6) is 1.15. The highest BCUT2D eigenvalue weighted by Gasteiger charge is 2.20. The molecule has 0 aliphatic carbocycles. The molecule has 1 aliphatic heterocycles. The summed E-state index contributed by atoms with van der Waals surface area (Å²) >= 11 is 0. The van der Waals surface area contributed by atoms with Crippen molar-refractivity contribution in [3.63, 3.8) is 0 Å². The first kappa shape index (κ1) is 13.4. The van der Waals surface area contributed by atoms with Crippen molar-refractivity contribution >= 4 is 0 Å². The van der Waals surface area contributed by atoms with Crippen LogP contribution in [0.3, 0.4) is 0 Å². The molecule has 1 N–H and O–H groups in total. The van der Waals surface area contributed by atoms with Gasteiger partial charge >= 0.3 is 0 Å². The third-order valence-electron chi connectivity index (χ3n) is 3.54. The summed E-state index contributed by atoms with van der Waals surface area (Å²) in [4.78, 5) is 0. The summed E-state index contributed by atoms with van der Waals surface area (Å²) in [5.41, 5.74) is 1.21. The van der Waals surface area contributed by atoms with Gasteiger partial charge in [-0.1, -0.05) is 12.1 Å². The third kappa shape index (κ3) is 3.72. The Kier molecular flexibility index (Phi) is 5.02. The van der Waals surface area contributed by atoms with Crippen LogP contribution in [0, 0.1) is 5.92 Å². The van der Waals surface area contributed by atoms with Gasteiger partial charge in [-0.25, -0.2) is 0 Å². The molecule has 1 heterocycles. The first-order valence-corrected chi connectivity index (χ1v) is 6.67. The second-order valence-corrected chi connectivity index (χ2v) is 4.97. The Morgan fingerprint density at radius 3 is 3.06 bits per heavy atom. The van der Waals surface area contributed by atoms with Crippen LogP contribution in [-0.4, -0.2) is 31.5 Å². The van der Waals surface area contributed by atoms with Crippen molar-refractivity contribution in [2.24, 2.45) is 5.92 Å². The van der Waals surface area contributed by atoms with E-state index in [0.29, 0.717) is 6.10 Å². The summed E-state index contributed by atoms with van der Waals surface area (Å²) < 4.78 is 10.8. The SMILES string of the molecule is COc1cccc(CC(CO)CC2CCCO2)c1. The minimum Gasteiger partial charge on any atom is -0.497 e. The summed E-state index contributed by atoms with van der Waals surface area (Å²) in [7, 11) is 1.68. The van der Waals surface area contributed by atoms with Crippen molar-refractivity contribution in [1.29, 1.82) is 0 Å². The molecule has 2 unspecified atom stereocenters. The van der Waals surface area contributed by atoms with E-state index in [1.54, 1.807) is 7.11 Å². The summed E-state index contributed by atoms with van der Waals surface area (Å²) in [6.07, 6.45) is 4.46. The van der Waals surface area contributed by atoms with E-state index in [4.69, 9.17) is 9.47 Å². The molecule has 2 rings (SSSR count). The molecule has 1 aliphatic rings. The van der Waals surface area contributed by atoms with Gasteiger partial charge in [-0.3, -0.25) is 0 Å². The topological polar surface area (TPSA) is 38.7 Å². The van der Waals surface area contributed by atoms with Crippen molar-refractivity contribution in [2.75, 3.05) is 20.3 Å². The Morgan fingerprint density at radius 1 is 1.50 bits per heavy atom. The Bertz CT molecular complexity index is 359. The fourth-order valence-electron chi connectivity index (χ4n) is 2.56. The molecule has 0 bridgehead atoms. The fourth-order valence-corrected chi connectivity index (χ4v) is 2.56. The molecule has 3 heteroatoms. The normalized spacial score (nSPS) is 20.9. The number of ether oxygens (including phenoxy) is 2. The fraction of sp³-hybridized carbons (Fsp3) is 0.600. The highest BCUT2D eigenvalue weighted by molar-refractivity contribution is 5.28. The zero-order chi connectivity index (χ0) is 12.8. The quantitative estimate of drug-likeness (QED) is 0.842. The van der Waals surface area contributed by atoms with Crippen LogP contribution >= 0.6 is 0 Å². The Balaban J connectivity index is 1.91. The molecule has 0 saturated carbocycles. The molecule has 18 heavy (non-hydrogen) atoms. The molecule has 0 aromatic heterocycles. The van der Waals surface area contributed by atoms with Crippen LogP contribution in [0.1, 0.15) is 24.8 Å². The van der Waals surface area contributed by atoms with E-state index in [1.807, 2.05) is 18.2 Å². The van der Waals surface area contributed by atoms with Crippen LogP contribution in [0.15, 0.2) is 24.3 Å². The Labute approximate surface area is 109 Å². The number of benzene rings is 1. The second-order valence-electron chi connectivity index (χ2n) is 4.97. The maximum atomic E-state index is 9.49. The predicted octanol–water partition coefficient (Wildman–Crippen LogP) is 2.42. The zero-order valence-corrected chi connectivity index (χ0v) is 11.0. The number of rotatable bonds is 6. The van der Waals surface area contributed by atoms with Gasteiger partial charge in [0.15, 0.2) is 0 Å². The van der Waals surface area contributed by atoms with E-state index >= 15 is 0 Å². The molecule has 2 atom stereocenters. The van der Waals surface area contributed by atoms with Crippen LogP contribution in [0.2, 0.25) is 0 Å². The summed E-state index contributed by atoms with van der Waals surface area (Å²) in [5, 5.41) is 9.49. The maximum Gasteiger partial charge on any atom is 0.119 e. The van der Waals surface area contributed by atoms with Gasteiger partial charge in [0.05, 0.1) is 13.2 Å². The Hall–Kier alpha value is -1.06. The van der Waals surface area contributed by atoms with Gasteiger partial charge in [0.25, 0.3) is 0 Å². The summed E-state index contributed by atoms with van der Waals surface area (Å²) in [6.45, 7) is 1.10. The lowest BCUT2D eigenvalue weighted by Crippen LogP contribution is -2.18. The molecule has 0 radical (unpaired) electrons. The average molecular weight is 250 g/mol. The van der Waals surface area contributed by atoms with Crippen LogP contribution in [-0.2, 0) is 11.2 Å². The van der Waals surface area contributed by atoms with Gasteiger partial charge in [-0.05, 0) is 49.3 Å². The van der Waals surface area contributed by atoms with E-state index in [2.05, 4.69) is 6.07 Å². The maximum absolute atomic E-state index is 9.49. The monoisotopic (exact) mass is 250 g/mol. The number of aliphatic hydroxyl groups excluding tert-OH is 1. The number of hydrogen-bond acceptors (Lipinski definition) is 3. The molecule has 0 amide bonds. The third-order valence-corrected chi connectivity index (χ3v) is 3.54. The van der Waals surface area contributed by atoms with Gasteiger partial charge in [0.2, 0.25) is 0 Å². The van der Waals surface area contributed by atoms with Crippen molar-refractivity contribution in [3.8, 4) is 5.75 Å². The first-order valence-electron chi connectivity index (χ1n) is 6.67. The zero-order valence-electron chi connectivity index (χ0n) is 11.0. The molecular weight excluding hydrogens is 228 g/mol. The van der Waals surface area contributed by atoms with E-state index in [1.165, 1.54) is 5.56 Å². The van der Waals surface area contributed by atoms with Crippen LogP contribution in [0.25, 0.3) is 0 Å². The van der Waals surface area contributed by atoms with Crippen molar-refractivity contribution < 1.29 is 14.6 Å². The van der Waals surface area contributed by atoms with Crippen LogP contribution in [0.4, 0.5) is 0 Å². The molecule has 100 valence electrons. The highest BCUT2D eigenvalue weighted by Crippen LogP contribution is 2.23. The lowest BCUT2D eigenvalue weighted by molar-refractivity contribution is 0.0766. The lowest BCUT2D eigenvalue weighted by atomic mass is 9.93. The molecular formula is C15H22O3. The standard InChI is InChI=1S/C15H22O3/c1-17-14-5-2-4-12(9-14)8-13(11-16)10-15-6-3-7-18-15/h2,4-5,9,13,15-16H,3,6-8,10-11H2,1H3. The highest BCUT2D eigenvalue weighted by atomic mass is 16.5. The van der Waals surface area contributed by atoms with Crippen LogP contribution in [0.5, 0.6) is 5.75 Å². The van der Waals surface area contributed by atoms with Gasteiger partial charge in [0.1, 0.15) is 5.75 Å². The van der Waals surface area contributed by atoms with Gasteiger partial charge < -0.3 is 14.6 Å². The van der Waals surface area contributed by atoms with Gasteiger partial charge in [0, 0.05) is 13.2 Å². The second kappa shape index (κ2) is 6.76. The number of hydrogen-bond donors (Lipinski definition) is 1. The summed E-state index contributed by atoms with van der Waals surface area (Å²) in [6, 6.07) is 8.06. The largest absolute Gasteiger partial charge is 0.497 e. The van der Waals surface area contributed by atoms with Crippen LogP contribution < -0.4 is 4.74 Å². The predicted molar refractivity (Wildman–Crippen MR) is 70.9 cm³/mol. The van der Waals surface area contributed by atoms with Crippen molar-refractivity contribution in [1.82, 2.24) is 0 Å². The lowest BCUT2D eigenvalue weighted by Gasteiger charge is -2.18. The van der Waals surface area contributed by atoms with E-state index in [9.17, 15) is 5.11 Å². The smallest absolute Gasteiger partial charge is 0.119 e.